The Balaban J connectivity index is 1.39. The second kappa shape index (κ2) is 8.76. The molecule has 1 fully saturated rings. The number of carbonyl (C=O) groups excluding carboxylic acids is 1. The number of amides is 1. The average molecular weight is 469 g/mol. The third kappa shape index (κ3) is 4.12. The molecule has 154 valence electrons. The summed E-state index contributed by atoms with van der Waals surface area (Å²) in [6.07, 6.45) is 2.89. The van der Waals surface area contributed by atoms with Crippen molar-refractivity contribution in [1.29, 1.82) is 5.26 Å². The van der Waals surface area contributed by atoms with Gasteiger partial charge in [0.2, 0.25) is 17.5 Å². The summed E-state index contributed by atoms with van der Waals surface area (Å²) in [4.78, 5) is 19.0. The summed E-state index contributed by atoms with van der Waals surface area (Å²) in [5.41, 5.74) is 1.28. The Bertz CT molecular complexity index is 1060. The summed E-state index contributed by atoms with van der Waals surface area (Å²) in [5.74, 6) is 1.17. The summed E-state index contributed by atoms with van der Waals surface area (Å²) in [6.45, 7) is 3.21. The Morgan fingerprint density at radius 1 is 1.30 bits per heavy atom. The quantitative estimate of drug-likeness (QED) is 0.584. The topological polar surface area (TPSA) is 95.3 Å². The lowest BCUT2D eigenvalue weighted by Gasteiger charge is -2.31. The molecule has 4 rings (SSSR count). The summed E-state index contributed by atoms with van der Waals surface area (Å²) in [5, 5.41) is 12.6. The van der Waals surface area contributed by atoms with Gasteiger partial charge in [0.1, 0.15) is 6.07 Å². The monoisotopic (exact) mass is 468 g/mol. The van der Waals surface area contributed by atoms with Gasteiger partial charge < -0.3 is 19.1 Å². The van der Waals surface area contributed by atoms with Gasteiger partial charge in [0.15, 0.2) is 5.76 Å². The molecule has 1 unspecified atom stereocenters. The third-order valence-electron chi connectivity index (χ3n) is 5.33. The highest BCUT2D eigenvalue weighted by Crippen LogP contribution is 2.31. The highest BCUT2D eigenvalue weighted by atomic mass is 79.9. The number of nitriles is 1. The highest BCUT2D eigenvalue weighted by Gasteiger charge is 2.30. The van der Waals surface area contributed by atoms with E-state index in [1.807, 2.05) is 36.1 Å². The van der Waals surface area contributed by atoms with E-state index in [0.29, 0.717) is 37.6 Å². The van der Waals surface area contributed by atoms with Crippen LogP contribution < -0.4 is 10.2 Å². The lowest BCUT2D eigenvalue weighted by molar-refractivity contribution is -0.126. The van der Waals surface area contributed by atoms with Crippen LogP contribution in [0.2, 0.25) is 0 Å². The Morgan fingerprint density at radius 2 is 2.07 bits per heavy atom. The van der Waals surface area contributed by atoms with E-state index < -0.39 is 0 Å². The molecule has 8 heteroatoms. The van der Waals surface area contributed by atoms with Gasteiger partial charge in [-0.1, -0.05) is 34.1 Å². The number of aromatic nitrogens is 1. The average Bonchev–Trinajstić information content (AvgIpc) is 3.44. The van der Waals surface area contributed by atoms with Crippen molar-refractivity contribution in [2.75, 3.05) is 18.0 Å². The molecule has 0 radical (unpaired) electrons. The van der Waals surface area contributed by atoms with E-state index in [4.69, 9.17) is 8.83 Å². The van der Waals surface area contributed by atoms with Crippen LogP contribution in [0.15, 0.2) is 56.0 Å². The van der Waals surface area contributed by atoms with Crippen molar-refractivity contribution in [2.45, 2.75) is 25.8 Å². The van der Waals surface area contributed by atoms with Crippen molar-refractivity contribution in [3.05, 3.63) is 58.4 Å². The molecule has 1 amide bonds. The largest absolute Gasteiger partial charge is 0.459 e. The molecule has 0 aliphatic carbocycles. The molecule has 2 aromatic heterocycles. The van der Waals surface area contributed by atoms with Gasteiger partial charge in [-0.05, 0) is 43.5 Å². The Kier molecular flexibility index (Phi) is 5.91. The van der Waals surface area contributed by atoms with Gasteiger partial charge in [-0.3, -0.25) is 4.79 Å². The van der Waals surface area contributed by atoms with Gasteiger partial charge in [0.05, 0.1) is 12.3 Å². The molecule has 1 aromatic carbocycles. The van der Waals surface area contributed by atoms with E-state index >= 15 is 0 Å². The standard InChI is InChI=1S/C22H21BrN4O3/c1-14(16-5-2-3-6-17(16)23)25-20(28)15-8-10-27(11-9-15)22-18(13-24)26-21(30-22)19-7-4-12-29-19/h2-7,12,14-15H,8-11H2,1H3,(H,25,28). The van der Waals surface area contributed by atoms with E-state index in [-0.39, 0.29) is 29.5 Å². The first-order chi connectivity index (χ1) is 14.6. The van der Waals surface area contributed by atoms with Crippen LogP contribution in [0.1, 0.15) is 37.1 Å². The first-order valence-electron chi connectivity index (χ1n) is 9.81. The van der Waals surface area contributed by atoms with Gasteiger partial charge in [-0.25, -0.2) is 0 Å². The maximum absolute atomic E-state index is 12.8. The van der Waals surface area contributed by atoms with Crippen molar-refractivity contribution in [2.24, 2.45) is 5.92 Å². The fourth-order valence-electron chi connectivity index (χ4n) is 3.68. The summed E-state index contributed by atoms with van der Waals surface area (Å²) in [7, 11) is 0. The fourth-order valence-corrected chi connectivity index (χ4v) is 4.31. The van der Waals surface area contributed by atoms with E-state index in [1.165, 1.54) is 6.26 Å². The van der Waals surface area contributed by atoms with Crippen molar-refractivity contribution in [3.63, 3.8) is 0 Å². The molecule has 1 N–H and O–H groups in total. The first-order valence-corrected chi connectivity index (χ1v) is 10.6. The number of piperidine rings is 1. The second-order valence-corrected chi connectivity index (χ2v) is 8.13. The first kappa shape index (κ1) is 20.2. The zero-order chi connectivity index (χ0) is 21.1. The molecular formula is C22H21BrN4O3. The minimum Gasteiger partial charge on any atom is -0.459 e. The predicted octanol–water partition coefficient (Wildman–Crippen LogP) is 4.66. The van der Waals surface area contributed by atoms with Gasteiger partial charge in [0, 0.05) is 23.5 Å². The number of nitrogens with zero attached hydrogens (tertiary/aromatic N) is 3. The number of hydrogen-bond donors (Lipinski definition) is 1. The Hall–Kier alpha value is -3.05. The predicted molar refractivity (Wildman–Crippen MR) is 115 cm³/mol. The number of hydrogen-bond acceptors (Lipinski definition) is 6. The molecule has 7 nitrogen and oxygen atoms in total. The summed E-state index contributed by atoms with van der Waals surface area (Å²) >= 11 is 3.54. The summed E-state index contributed by atoms with van der Waals surface area (Å²) < 4.78 is 12.1. The van der Waals surface area contributed by atoms with Crippen LogP contribution in [-0.2, 0) is 4.79 Å². The zero-order valence-electron chi connectivity index (χ0n) is 16.5. The number of nitrogens with one attached hydrogen (secondary N) is 1. The Labute approximate surface area is 182 Å². The van der Waals surface area contributed by atoms with E-state index in [2.05, 4.69) is 32.3 Å². The van der Waals surface area contributed by atoms with Crippen molar-refractivity contribution >= 4 is 27.7 Å². The highest BCUT2D eigenvalue weighted by molar-refractivity contribution is 9.10. The third-order valence-corrected chi connectivity index (χ3v) is 6.05. The Morgan fingerprint density at radius 3 is 2.73 bits per heavy atom. The molecule has 1 aliphatic rings. The molecule has 3 aromatic rings. The number of carbonyl (C=O) groups is 1. The van der Waals surface area contributed by atoms with Crippen LogP contribution in [0, 0.1) is 17.2 Å². The molecule has 0 saturated carbocycles. The molecular weight excluding hydrogens is 448 g/mol. The maximum Gasteiger partial charge on any atom is 0.266 e. The van der Waals surface area contributed by atoms with Crippen molar-refractivity contribution in [3.8, 4) is 17.7 Å². The normalized spacial score (nSPS) is 15.6. The van der Waals surface area contributed by atoms with Crippen LogP contribution in [0.25, 0.3) is 11.7 Å². The zero-order valence-corrected chi connectivity index (χ0v) is 18.1. The van der Waals surface area contributed by atoms with Crippen molar-refractivity contribution < 1.29 is 13.6 Å². The molecule has 0 bridgehead atoms. The summed E-state index contributed by atoms with van der Waals surface area (Å²) in [6, 6.07) is 13.4. The molecule has 0 spiro atoms. The molecule has 1 aliphatic heterocycles. The van der Waals surface area contributed by atoms with Crippen LogP contribution in [0.4, 0.5) is 5.88 Å². The smallest absolute Gasteiger partial charge is 0.266 e. The second-order valence-electron chi connectivity index (χ2n) is 7.27. The number of benzene rings is 1. The van der Waals surface area contributed by atoms with E-state index in [1.54, 1.807) is 12.1 Å². The maximum atomic E-state index is 12.8. The van der Waals surface area contributed by atoms with Crippen LogP contribution >= 0.6 is 15.9 Å². The SMILES string of the molecule is CC(NC(=O)C1CCN(c2oc(-c3ccco3)nc2C#N)CC1)c1ccccc1Br. The number of anilines is 1. The van der Waals surface area contributed by atoms with Crippen molar-refractivity contribution in [1.82, 2.24) is 10.3 Å². The minimum atomic E-state index is -0.0820. The number of rotatable bonds is 5. The van der Waals surface area contributed by atoms with Gasteiger partial charge >= 0.3 is 0 Å². The van der Waals surface area contributed by atoms with E-state index in [9.17, 15) is 10.1 Å². The minimum absolute atomic E-state index is 0.0484. The van der Waals surface area contributed by atoms with Crippen LogP contribution in [0.5, 0.6) is 0 Å². The molecule has 1 atom stereocenters. The number of oxazole rings is 1. The van der Waals surface area contributed by atoms with E-state index in [0.717, 1.165) is 10.0 Å². The van der Waals surface area contributed by atoms with Crippen LogP contribution in [0.3, 0.4) is 0 Å². The molecule has 1 saturated heterocycles. The molecule has 3 heterocycles. The lowest BCUT2D eigenvalue weighted by atomic mass is 9.95. The lowest BCUT2D eigenvalue weighted by Crippen LogP contribution is -2.41. The molecule has 30 heavy (non-hydrogen) atoms. The fraction of sp³-hybridized carbons (Fsp3) is 0.318. The van der Waals surface area contributed by atoms with Gasteiger partial charge in [-0.15, -0.1) is 0 Å². The number of halogens is 1. The number of furan rings is 1. The van der Waals surface area contributed by atoms with Gasteiger partial charge in [0.25, 0.3) is 5.89 Å². The van der Waals surface area contributed by atoms with Crippen LogP contribution in [-0.4, -0.2) is 24.0 Å². The van der Waals surface area contributed by atoms with Gasteiger partial charge in [-0.2, -0.15) is 10.2 Å².